The van der Waals surface area contributed by atoms with Crippen molar-refractivity contribution >= 4 is 40.1 Å². The predicted molar refractivity (Wildman–Crippen MR) is 105 cm³/mol. The Morgan fingerprint density at radius 1 is 1.50 bits per heavy atom. The molecular weight excluding hydrogens is 354 g/mol. The number of methoxy groups -OCH3 is 1. The minimum absolute atomic E-state index is 0.0237. The van der Waals surface area contributed by atoms with Crippen LogP contribution in [0.15, 0.2) is 12.4 Å². The fourth-order valence-corrected chi connectivity index (χ4v) is 4.09. The predicted octanol–water partition coefficient (Wildman–Crippen LogP) is 3.63. The Morgan fingerprint density at radius 2 is 2.23 bits per heavy atom. The molecule has 0 bridgehead atoms. The summed E-state index contributed by atoms with van der Waals surface area (Å²) in [4.78, 5) is 23.8. The first-order chi connectivity index (χ1) is 12.2. The number of piperidine rings is 1. The Balaban J connectivity index is 1.98. The fraction of sp³-hybridized carbons (Fsp3) is 0.556. The fourth-order valence-electron chi connectivity index (χ4n) is 3.83. The van der Waals surface area contributed by atoms with Crippen LogP contribution in [-0.4, -0.2) is 52.7 Å². The van der Waals surface area contributed by atoms with Crippen molar-refractivity contribution in [3.8, 4) is 0 Å². The zero-order valence-corrected chi connectivity index (χ0v) is 16.4. The van der Waals surface area contributed by atoms with E-state index in [2.05, 4.69) is 14.9 Å². The van der Waals surface area contributed by atoms with Gasteiger partial charge in [0.1, 0.15) is 5.65 Å². The lowest BCUT2D eigenvalue weighted by Gasteiger charge is -2.45. The van der Waals surface area contributed by atoms with E-state index in [4.69, 9.17) is 22.1 Å². The molecule has 0 aliphatic carbocycles. The van der Waals surface area contributed by atoms with Gasteiger partial charge in [-0.2, -0.15) is 0 Å². The standard InChI is InChI=1S/C18H26ClN5O2/c1-18(2,3)24(17(25)26-4)11-6-5-7-23(10-11)15-12(19)8-21-16-14(15)13(20)9-22-16/h8-9,11H,5-7,10,20H2,1-4H3,(H,21,22)/t11-/m1/s1. The number of rotatable bonds is 2. The summed E-state index contributed by atoms with van der Waals surface area (Å²) in [6, 6.07) is 0.0237. The van der Waals surface area contributed by atoms with E-state index in [1.807, 2.05) is 25.7 Å². The molecule has 3 rings (SSSR count). The minimum atomic E-state index is -0.342. The molecule has 1 aliphatic rings. The highest BCUT2D eigenvalue weighted by Crippen LogP contribution is 2.38. The Labute approximate surface area is 158 Å². The number of nitrogen functional groups attached to an aromatic ring is 1. The number of hydrogen-bond donors (Lipinski definition) is 2. The van der Waals surface area contributed by atoms with Crippen molar-refractivity contribution in [2.24, 2.45) is 0 Å². The van der Waals surface area contributed by atoms with Crippen LogP contribution in [0.1, 0.15) is 33.6 Å². The molecule has 2 aromatic rings. The van der Waals surface area contributed by atoms with Gasteiger partial charge in [0.15, 0.2) is 0 Å². The second-order valence-corrected chi connectivity index (χ2v) is 8.08. The molecule has 0 saturated carbocycles. The monoisotopic (exact) mass is 379 g/mol. The number of halogens is 1. The third-order valence-electron chi connectivity index (χ3n) is 4.83. The van der Waals surface area contributed by atoms with Crippen LogP contribution in [0.4, 0.5) is 16.2 Å². The number of fused-ring (bicyclic) bond motifs is 1. The number of aromatic nitrogens is 2. The van der Waals surface area contributed by atoms with E-state index in [9.17, 15) is 4.79 Å². The summed E-state index contributed by atoms with van der Waals surface area (Å²) in [5.74, 6) is 0. The second kappa shape index (κ2) is 6.87. The van der Waals surface area contributed by atoms with Gasteiger partial charge in [-0.3, -0.25) is 4.90 Å². The topological polar surface area (TPSA) is 87.5 Å². The normalized spacial score (nSPS) is 18.2. The summed E-state index contributed by atoms with van der Waals surface area (Å²) in [7, 11) is 1.42. The molecule has 2 aromatic heterocycles. The lowest BCUT2D eigenvalue weighted by Crippen LogP contribution is -2.57. The molecule has 1 saturated heterocycles. The van der Waals surface area contributed by atoms with Gasteiger partial charge >= 0.3 is 6.09 Å². The molecular formula is C18H26ClN5O2. The van der Waals surface area contributed by atoms with Crippen molar-refractivity contribution in [3.05, 3.63) is 17.4 Å². The van der Waals surface area contributed by atoms with Crippen molar-refractivity contribution in [1.29, 1.82) is 0 Å². The lowest BCUT2D eigenvalue weighted by atomic mass is 9.97. The van der Waals surface area contributed by atoms with Gasteiger partial charge in [0.2, 0.25) is 0 Å². The Morgan fingerprint density at radius 3 is 2.88 bits per heavy atom. The summed E-state index contributed by atoms with van der Waals surface area (Å²) in [5.41, 5.74) is 8.01. The average molecular weight is 380 g/mol. The van der Waals surface area contributed by atoms with Crippen molar-refractivity contribution in [2.75, 3.05) is 30.8 Å². The number of aromatic amines is 1. The highest BCUT2D eigenvalue weighted by Gasteiger charge is 2.37. The average Bonchev–Trinajstić information content (AvgIpc) is 2.95. The summed E-state index contributed by atoms with van der Waals surface area (Å²) >= 11 is 6.49. The molecule has 0 radical (unpaired) electrons. The maximum Gasteiger partial charge on any atom is 0.410 e. The molecule has 1 aliphatic heterocycles. The Bertz CT molecular complexity index is 814. The number of nitrogens with two attached hydrogens (primary N) is 1. The van der Waals surface area contributed by atoms with Crippen LogP contribution in [0, 0.1) is 0 Å². The van der Waals surface area contributed by atoms with E-state index in [0.717, 1.165) is 30.5 Å². The highest BCUT2D eigenvalue weighted by molar-refractivity contribution is 6.35. The summed E-state index contributed by atoms with van der Waals surface area (Å²) in [5, 5.41) is 1.39. The van der Waals surface area contributed by atoms with Crippen molar-refractivity contribution in [1.82, 2.24) is 14.9 Å². The lowest BCUT2D eigenvalue weighted by molar-refractivity contribution is 0.0521. The van der Waals surface area contributed by atoms with Gasteiger partial charge in [-0.05, 0) is 33.6 Å². The molecule has 1 fully saturated rings. The molecule has 3 heterocycles. The highest BCUT2D eigenvalue weighted by atomic mass is 35.5. The van der Waals surface area contributed by atoms with Crippen LogP contribution >= 0.6 is 11.6 Å². The van der Waals surface area contributed by atoms with Crippen LogP contribution in [0.25, 0.3) is 11.0 Å². The molecule has 0 unspecified atom stereocenters. The van der Waals surface area contributed by atoms with Gasteiger partial charge in [-0.25, -0.2) is 9.78 Å². The van der Waals surface area contributed by atoms with Gasteiger partial charge in [0.05, 0.1) is 41.1 Å². The summed E-state index contributed by atoms with van der Waals surface area (Å²) in [6.07, 6.45) is 4.92. The zero-order valence-electron chi connectivity index (χ0n) is 15.7. The van der Waals surface area contributed by atoms with E-state index in [0.29, 0.717) is 22.9 Å². The van der Waals surface area contributed by atoms with Crippen LogP contribution in [0.3, 0.4) is 0 Å². The summed E-state index contributed by atoms with van der Waals surface area (Å²) in [6.45, 7) is 7.56. The Kier molecular flexibility index (Phi) is 4.92. The first kappa shape index (κ1) is 18.6. The number of carbonyl (C=O) groups excluding carboxylic acids is 1. The third kappa shape index (κ3) is 3.28. The second-order valence-electron chi connectivity index (χ2n) is 7.68. The maximum absolute atomic E-state index is 12.4. The number of nitrogens with zero attached hydrogens (tertiary/aromatic N) is 3. The molecule has 142 valence electrons. The van der Waals surface area contributed by atoms with Crippen molar-refractivity contribution in [3.63, 3.8) is 0 Å². The van der Waals surface area contributed by atoms with Crippen LogP contribution < -0.4 is 10.6 Å². The van der Waals surface area contributed by atoms with E-state index >= 15 is 0 Å². The van der Waals surface area contributed by atoms with E-state index in [-0.39, 0.29) is 17.7 Å². The molecule has 3 N–H and O–H groups in total. The van der Waals surface area contributed by atoms with Crippen LogP contribution in [0.5, 0.6) is 0 Å². The van der Waals surface area contributed by atoms with Gasteiger partial charge in [-0.1, -0.05) is 11.6 Å². The number of anilines is 2. The van der Waals surface area contributed by atoms with E-state index in [1.165, 1.54) is 7.11 Å². The van der Waals surface area contributed by atoms with Crippen LogP contribution in [-0.2, 0) is 4.74 Å². The molecule has 0 spiro atoms. The van der Waals surface area contributed by atoms with Gasteiger partial charge in [0.25, 0.3) is 0 Å². The molecule has 1 atom stereocenters. The van der Waals surface area contributed by atoms with Gasteiger partial charge in [0, 0.05) is 24.8 Å². The van der Waals surface area contributed by atoms with Crippen molar-refractivity contribution < 1.29 is 9.53 Å². The molecule has 1 amide bonds. The first-order valence-electron chi connectivity index (χ1n) is 8.77. The number of hydrogen-bond acceptors (Lipinski definition) is 5. The zero-order chi connectivity index (χ0) is 19.1. The molecule has 8 heteroatoms. The maximum atomic E-state index is 12.4. The number of pyridine rings is 1. The molecule has 0 aromatic carbocycles. The van der Waals surface area contributed by atoms with Gasteiger partial charge in [-0.15, -0.1) is 0 Å². The summed E-state index contributed by atoms with van der Waals surface area (Å²) < 4.78 is 5.04. The molecule has 26 heavy (non-hydrogen) atoms. The van der Waals surface area contributed by atoms with Gasteiger partial charge < -0.3 is 20.4 Å². The third-order valence-corrected chi connectivity index (χ3v) is 5.11. The van der Waals surface area contributed by atoms with Crippen LogP contribution in [0.2, 0.25) is 5.02 Å². The van der Waals surface area contributed by atoms with E-state index in [1.54, 1.807) is 12.4 Å². The smallest absolute Gasteiger partial charge is 0.410 e. The number of nitrogens with one attached hydrogen (secondary N) is 1. The number of carbonyl (C=O) groups is 1. The minimum Gasteiger partial charge on any atom is -0.453 e. The largest absolute Gasteiger partial charge is 0.453 e. The number of ether oxygens (including phenoxy) is 1. The first-order valence-corrected chi connectivity index (χ1v) is 9.15. The number of H-pyrrole nitrogens is 1. The van der Waals surface area contributed by atoms with E-state index < -0.39 is 0 Å². The Hall–Kier alpha value is -2.15. The SMILES string of the molecule is COC(=O)N([C@@H]1CCCN(c2c(Cl)cnc3[nH]cc(N)c23)C1)C(C)(C)C. The van der Waals surface area contributed by atoms with Crippen molar-refractivity contribution in [2.45, 2.75) is 45.2 Å². The number of amides is 1. The molecule has 7 nitrogen and oxygen atoms in total. The quantitative estimate of drug-likeness (QED) is 0.831.